The second-order valence-corrected chi connectivity index (χ2v) is 13.0. The standard InChI is InChI=1S/C33H57N5O20/c1-6-50-29(45)34-12-16-21(41)22(42)19(38-33(49)54-10-5)27(55-16)57-25-14(35-30(46)51-7-2)11-15(36-31(47)52-8-3)26(24(25)44)58-28-23(43)18(37-32(48)53-9-4)20(40)17(13-39)56-28/h14-28,39-44H,6-13H2,1-5H3,(H,34,45)(H,35,46)(H,36,47)(H,37,48)(H,38,49)/t14-,15+,16+,17+,18-,19+,20+,21+,22-,23+,24+,25+,26-,27+,28-/m0/s1. The van der Waals surface area contributed by atoms with Gasteiger partial charge < -0.3 is 99.9 Å². The number of carbonyl (C=O) groups is 5. The summed E-state index contributed by atoms with van der Waals surface area (Å²) in [7, 11) is 0. The molecule has 1 aliphatic carbocycles. The number of carbonyl (C=O) groups excluding carboxylic acids is 5. The Bertz CT molecular complexity index is 1330. The Hall–Kier alpha value is -4.05. The van der Waals surface area contributed by atoms with E-state index in [4.69, 9.17) is 42.6 Å². The molecule has 334 valence electrons. The van der Waals surface area contributed by atoms with Crippen molar-refractivity contribution in [2.24, 2.45) is 0 Å². The summed E-state index contributed by atoms with van der Waals surface area (Å²) in [6.45, 7) is 6.00. The van der Waals surface area contributed by atoms with Gasteiger partial charge in [0.05, 0.1) is 57.8 Å². The molecule has 2 saturated heterocycles. The Morgan fingerprint density at radius 3 is 1.43 bits per heavy atom. The van der Waals surface area contributed by atoms with E-state index in [1.807, 2.05) is 0 Å². The van der Waals surface area contributed by atoms with Crippen LogP contribution in [0, 0.1) is 0 Å². The summed E-state index contributed by atoms with van der Waals surface area (Å²) >= 11 is 0. The highest BCUT2D eigenvalue weighted by atomic mass is 16.7. The molecule has 0 aromatic heterocycles. The van der Waals surface area contributed by atoms with Crippen LogP contribution in [0.25, 0.3) is 0 Å². The van der Waals surface area contributed by atoms with Crippen LogP contribution in [0.15, 0.2) is 0 Å². The number of hydrogen-bond acceptors (Lipinski definition) is 20. The summed E-state index contributed by atoms with van der Waals surface area (Å²) in [5, 5.41) is 78.4. The van der Waals surface area contributed by atoms with Crippen molar-refractivity contribution in [1.29, 1.82) is 0 Å². The summed E-state index contributed by atoms with van der Waals surface area (Å²) < 4.78 is 48.6. The molecule has 0 bridgehead atoms. The molecule has 11 N–H and O–H groups in total. The first-order valence-corrected chi connectivity index (χ1v) is 18.9. The van der Waals surface area contributed by atoms with E-state index in [1.54, 1.807) is 6.92 Å². The molecule has 0 unspecified atom stereocenters. The molecule has 0 radical (unpaired) electrons. The van der Waals surface area contributed by atoms with Crippen molar-refractivity contribution in [3.8, 4) is 0 Å². The van der Waals surface area contributed by atoms with Crippen LogP contribution in [0.2, 0.25) is 0 Å². The van der Waals surface area contributed by atoms with E-state index in [0.717, 1.165) is 0 Å². The highest BCUT2D eigenvalue weighted by Gasteiger charge is 2.55. The van der Waals surface area contributed by atoms with E-state index in [1.165, 1.54) is 27.7 Å². The van der Waals surface area contributed by atoms with Gasteiger partial charge in [0.1, 0.15) is 61.0 Å². The summed E-state index contributed by atoms with van der Waals surface area (Å²) in [4.78, 5) is 62.6. The van der Waals surface area contributed by atoms with E-state index < -0.39 is 135 Å². The number of nitrogens with one attached hydrogen (secondary N) is 5. The van der Waals surface area contributed by atoms with Gasteiger partial charge in [-0.15, -0.1) is 0 Å². The molecule has 0 spiro atoms. The molecule has 0 aromatic rings. The molecular weight excluding hydrogens is 786 g/mol. The van der Waals surface area contributed by atoms with Gasteiger partial charge in [-0.1, -0.05) is 0 Å². The zero-order valence-corrected chi connectivity index (χ0v) is 32.7. The predicted molar refractivity (Wildman–Crippen MR) is 190 cm³/mol. The number of rotatable bonds is 16. The average molecular weight is 844 g/mol. The fourth-order valence-corrected chi connectivity index (χ4v) is 6.52. The van der Waals surface area contributed by atoms with Gasteiger partial charge in [-0.3, -0.25) is 0 Å². The third-order valence-corrected chi connectivity index (χ3v) is 9.14. The lowest BCUT2D eigenvalue weighted by atomic mass is 9.83. The number of aliphatic hydroxyl groups is 6. The Kier molecular flexibility index (Phi) is 19.6. The summed E-state index contributed by atoms with van der Waals surface area (Å²) in [6, 6.07) is -5.84. The van der Waals surface area contributed by atoms with Gasteiger partial charge >= 0.3 is 30.5 Å². The fourth-order valence-electron chi connectivity index (χ4n) is 6.52. The van der Waals surface area contributed by atoms with Gasteiger partial charge in [-0.25, -0.2) is 24.0 Å². The quantitative estimate of drug-likeness (QED) is 0.0675. The van der Waals surface area contributed by atoms with Crippen LogP contribution in [0.1, 0.15) is 41.0 Å². The van der Waals surface area contributed by atoms with Gasteiger partial charge in [0.25, 0.3) is 0 Å². The number of hydrogen-bond donors (Lipinski definition) is 11. The topological polar surface area (TPSA) is 350 Å². The van der Waals surface area contributed by atoms with Crippen molar-refractivity contribution in [2.75, 3.05) is 46.2 Å². The van der Waals surface area contributed by atoms with E-state index in [-0.39, 0.29) is 39.5 Å². The first kappa shape index (κ1) is 48.3. The molecule has 0 aromatic carbocycles. The first-order valence-electron chi connectivity index (χ1n) is 18.9. The molecule has 2 heterocycles. The fraction of sp³-hybridized carbons (Fsp3) is 0.848. The molecule has 5 amide bonds. The van der Waals surface area contributed by atoms with Gasteiger partial charge in [0, 0.05) is 6.54 Å². The van der Waals surface area contributed by atoms with Gasteiger partial charge in [-0.05, 0) is 41.0 Å². The Labute approximate surface area is 333 Å². The van der Waals surface area contributed by atoms with Crippen LogP contribution in [-0.2, 0) is 42.6 Å². The van der Waals surface area contributed by atoms with E-state index in [9.17, 15) is 54.6 Å². The molecule has 1 saturated carbocycles. The lowest BCUT2D eigenvalue weighted by Crippen LogP contribution is -2.71. The smallest absolute Gasteiger partial charge is 0.407 e. The minimum absolute atomic E-state index is 0.0101. The van der Waals surface area contributed by atoms with Gasteiger partial charge in [0.15, 0.2) is 12.6 Å². The van der Waals surface area contributed by atoms with E-state index >= 15 is 0 Å². The molecule has 3 fully saturated rings. The number of amides is 5. The zero-order valence-electron chi connectivity index (χ0n) is 32.7. The van der Waals surface area contributed by atoms with Gasteiger partial charge in [0.2, 0.25) is 0 Å². The molecule has 25 nitrogen and oxygen atoms in total. The largest absolute Gasteiger partial charge is 0.450 e. The van der Waals surface area contributed by atoms with Crippen molar-refractivity contribution in [3.05, 3.63) is 0 Å². The third-order valence-electron chi connectivity index (χ3n) is 9.14. The minimum Gasteiger partial charge on any atom is -0.450 e. The highest BCUT2D eigenvalue weighted by Crippen LogP contribution is 2.33. The Morgan fingerprint density at radius 2 is 0.948 bits per heavy atom. The lowest BCUT2D eigenvalue weighted by Gasteiger charge is -2.50. The van der Waals surface area contributed by atoms with Crippen molar-refractivity contribution in [1.82, 2.24) is 26.6 Å². The lowest BCUT2D eigenvalue weighted by molar-refractivity contribution is -0.322. The maximum Gasteiger partial charge on any atom is 0.407 e. The summed E-state index contributed by atoms with van der Waals surface area (Å²) in [6.07, 6.45) is -24.5. The number of alkyl carbamates (subject to hydrolysis) is 5. The highest BCUT2D eigenvalue weighted by molar-refractivity contribution is 5.69. The van der Waals surface area contributed by atoms with Crippen LogP contribution in [-0.4, -0.2) is 199 Å². The summed E-state index contributed by atoms with van der Waals surface area (Å²) in [5.41, 5.74) is 0. The van der Waals surface area contributed by atoms with Crippen molar-refractivity contribution in [2.45, 2.75) is 133 Å². The molecule has 3 aliphatic rings. The second-order valence-electron chi connectivity index (χ2n) is 13.0. The molecule has 2 aliphatic heterocycles. The molecule has 3 rings (SSSR count). The minimum atomic E-state index is -1.99. The molecule has 15 atom stereocenters. The van der Waals surface area contributed by atoms with Crippen molar-refractivity contribution < 1.29 is 97.2 Å². The monoisotopic (exact) mass is 843 g/mol. The Balaban J connectivity index is 2.07. The van der Waals surface area contributed by atoms with Crippen molar-refractivity contribution in [3.63, 3.8) is 0 Å². The second kappa shape index (κ2) is 23.5. The number of ether oxygens (including phenoxy) is 9. The maximum absolute atomic E-state index is 12.8. The van der Waals surface area contributed by atoms with Crippen LogP contribution >= 0.6 is 0 Å². The van der Waals surface area contributed by atoms with Crippen LogP contribution < -0.4 is 26.6 Å². The molecule has 25 heteroatoms. The normalized spacial score (nSPS) is 34.7. The van der Waals surface area contributed by atoms with Crippen LogP contribution in [0.3, 0.4) is 0 Å². The first-order chi connectivity index (χ1) is 27.6. The van der Waals surface area contributed by atoms with Gasteiger partial charge in [-0.2, -0.15) is 0 Å². The SMILES string of the molecule is CCOC(=O)NC[C@H]1O[C@H](O[C@H]2[C@@H](O)[C@@H](O[C@@H]3O[C@H](CO)[C@@H](O)[C@H](NC(=O)OCC)[C@H]3O)[C@H](NC(=O)OCC)C[C@@H]2NC(=O)OCC)[C@H](NC(=O)OCC)[C@H](O)[C@@H]1O. The Morgan fingerprint density at radius 1 is 0.517 bits per heavy atom. The number of aliphatic hydroxyl groups excluding tert-OH is 6. The molecular formula is C33H57N5O20. The molecule has 58 heavy (non-hydrogen) atoms. The predicted octanol–water partition coefficient (Wildman–Crippen LogP) is -3.39. The maximum atomic E-state index is 12.8. The zero-order chi connectivity index (χ0) is 43.1. The van der Waals surface area contributed by atoms with E-state index in [0.29, 0.717) is 0 Å². The summed E-state index contributed by atoms with van der Waals surface area (Å²) in [5.74, 6) is 0. The van der Waals surface area contributed by atoms with Crippen molar-refractivity contribution >= 4 is 30.5 Å². The van der Waals surface area contributed by atoms with Crippen LogP contribution in [0.4, 0.5) is 24.0 Å². The average Bonchev–Trinajstić information content (AvgIpc) is 3.16. The third kappa shape index (κ3) is 13.0. The van der Waals surface area contributed by atoms with Crippen LogP contribution in [0.5, 0.6) is 0 Å². The van der Waals surface area contributed by atoms with E-state index in [2.05, 4.69) is 26.6 Å².